The minimum absolute atomic E-state index is 0.0775. The average Bonchev–Trinajstić information content (AvgIpc) is 3.44. The van der Waals surface area contributed by atoms with Crippen molar-refractivity contribution in [3.8, 4) is 0 Å². The highest BCUT2D eigenvalue weighted by molar-refractivity contribution is 6.04. The Morgan fingerprint density at radius 3 is 1.06 bits per heavy atom. The van der Waals surface area contributed by atoms with Gasteiger partial charge in [-0.15, -0.1) is 0 Å². The van der Waals surface area contributed by atoms with E-state index in [2.05, 4.69) is 18.6 Å². The largest absolute Gasteiger partial charge is 0.478 e. The summed E-state index contributed by atoms with van der Waals surface area (Å²) < 4.78 is 3.97. The molecule has 0 saturated carbocycles. The molecule has 7 heteroatoms. The van der Waals surface area contributed by atoms with Crippen LogP contribution in [0.5, 0.6) is 0 Å². The van der Waals surface area contributed by atoms with Gasteiger partial charge in [-0.1, -0.05) is 181 Å². The zero-order chi connectivity index (χ0) is 35.1. The fourth-order valence-electron chi connectivity index (χ4n) is 5.35. The molecule has 47 heavy (non-hydrogen) atoms. The van der Waals surface area contributed by atoms with E-state index in [9.17, 15) is 19.2 Å². The van der Waals surface area contributed by atoms with Crippen molar-refractivity contribution < 1.29 is 34.1 Å². The highest BCUT2D eigenvalue weighted by Crippen LogP contribution is 2.14. The first-order valence-corrected chi connectivity index (χ1v) is 19.4. The minimum Gasteiger partial charge on any atom is -0.478 e. The predicted octanol–water partition coefficient (Wildman–Crippen LogP) is 11.2. The first-order valence-electron chi connectivity index (χ1n) is 19.4. The Balaban J connectivity index is 0. The number of ether oxygens (including phenoxy) is 1. The Hall–Kier alpha value is -2.28. The second-order valence-electron chi connectivity index (χ2n) is 12.9. The summed E-state index contributed by atoms with van der Waals surface area (Å²) in [6.45, 7) is 4.91. The summed E-state index contributed by atoms with van der Waals surface area (Å²) >= 11 is 0. The fourth-order valence-corrected chi connectivity index (χ4v) is 5.35. The first kappa shape index (κ1) is 46.8. The fraction of sp³-hybridized carbons (Fsp3) is 0.800. The monoisotopic (exact) mass is 665 g/mol. The molecule has 1 aliphatic rings. The molecule has 1 heterocycles. The SMILES string of the molecule is CCCCCCCCCCCCCCCCC(=O)/C=C\C(=O)O.CCCCCCCCCCCCCCCCO.O=C1C=CC(=O)O1. The normalized spacial score (nSPS) is 12.1. The number of rotatable bonds is 31. The molecule has 0 aromatic carbocycles. The molecule has 0 radical (unpaired) electrons. The Kier molecular flexibility index (Phi) is 39.8. The van der Waals surface area contributed by atoms with Gasteiger partial charge >= 0.3 is 17.9 Å². The van der Waals surface area contributed by atoms with Crippen LogP contribution in [0.15, 0.2) is 24.3 Å². The van der Waals surface area contributed by atoms with Crippen LogP contribution in [0.3, 0.4) is 0 Å². The van der Waals surface area contributed by atoms with Gasteiger partial charge in [0.2, 0.25) is 0 Å². The third kappa shape index (κ3) is 43.7. The lowest BCUT2D eigenvalue weighted by atomic mass is 10.0. The first-order chi connectivity index (χ1) is 22.9. The van der Waals surface area contributed by atoms with Gasteiger partial charge in [-0.25, -0.2) is 14.4 Å². The molecule has 7 nitrogen and oxygen atoms in total. The van der Waals surface area contributed by atoms with E-state index in [1.54, 1.807) is 0 Å². The number of aliphatic hydroxyl groups is 1. The number of carboxylic acid groups (broad SMARTS) is 1. The summed E-state index contributed by atoms with van der Waals surface area (Å²) in [5, 5.41) is 17.1. The molecule has 1 aliphatic heterocycles. The van der Waals surface area contributed by atoms with E-state index >= 15 is 0 Å². The minimum atomic E-state index is -1.06. The lowest BCUT2D eigenvalue weighted by Crippen LogP contribution is -1.96. The van der Waals surface area contributed by atoms with E-state index in [1.165, 1.54) is 167 Å². The molecule has 0 atom stereocenters. The lowest BCUT2D eigenvalue weighted by molar-refractivity contribution is -0.150. The summed E-state index contributed by atoms with van der Waals surface area (Å²) in [6, 6.07) is 0. The molecular weight excluding hydrogens is 592 g/mol. The molecule has 0 aliphatic carbocycles. The van der Waals surface area contributed by atoms with Gasteiger partial charge in [0, 0.05) is 31.3 Å². The van der Waals surface area contributed by atoms with Crippen LogP contribution in [0.25, 0.3) is 0 Å². The number of cyclic esters (lactones) is 2. The van der Waals surface area contributed by atoms with Gasteiger partial charge in [0.15, 0.2) is 5.78 Å². The van der Waals surface area contributed by atoms with Crippen LogP contribution in [-0.4, -0.2) is 40.5 Å². The maximum Gasteiger partial charge on any atom is 0.338 e. The molecule has 0 aromatic rings. The summed E-state index contributed by atoms with van der Waals surface area (Å²) in [5.41, 5.74) is 0. The summed E-state index contributed by atoms with van der Waals surface area (Å²) in [7, 11) is 0. The zero-order valence-electron chi connectivity index (χ0n) is 30.5. The second kappa shape index (κ2) is 39.9. The van der Waals surface area contributed by atoms with E-state index in [0.717, 1.165) is 37.5 Å². The highest BCUT2D eigenvalue weighted by atomic mass is 16.6. The van der Waals surface area contributed by atoms with Crippen LogP contribution in [0.2, 0.25) is 0 Å². The van der Waals surface area contributed by atoms with Crippen LogP contribution >= 0.6 is 0 Å². The summed E-state index contributed by atoms with van der Waals surface area (Å²) in [5.74, 6) is -2.29. The molecular formula is C40H72O7. The Morgan fingerprint density at radius 1 is 0.511 bits per heavy atom. The van der Waals surface area contributed by atoms with Crippen LogP contribution in [0.1, 0.15) is 200 Å². The smallest absolute Gasteiger partial charge is 0.338 e. The number of carbonyl (C=O) groups excluding carboxylic acids is 3. The zero-order valence-corrected chi connectivity index (χ0v) is 30.5. The molecule has 0 spiro atoms. The maximum absolute atomic E-state index is 11.3. The quantitative estimate of drug-likeness (QED) is 0.0327. The van der Waals surface area contributed by atoms with Gasteiger partial charge < -0.3 is 14.9 Å². The van der Waals surface area contributed by atoms with Crippen LogP contribution in [0.4, 0.5) is 0 Å². The van der Waals surface area contributed by atoms with Crippen molar-refractivity contribution in [1.29, 1.82) is 0 Å². The number of hydrogen-bond donors (Lipinski definition) is 2. The number of carboxylic acids is 1. The molecule has 0 bridgehead atoms. The van der Waals surface area contributed by atoms with Crippen LogP contribution < -0.4 is 0 Å². The topological polar surface area (TPSA) is 118 Å². The van der Waals surface area contributed by atoms with Crippen LogP contribution in [-0.2, 0) is 23.9 Å². The average molecular weight is 665 g/mol. The van der Waals surface area contributed by atoms with Gasteiger partial charge in [-0.3, -0.25) is 4.79 Å². The molecule has 0 saturated heterocycles. The molecule has 274 valence electrons. The van der Waals surface area contributed by atoms with Crippen molar-refractivity contribution in [2.45, 2.75) is 200 Å². The number of hydrogen-bond acceptors (Lipinski definition) is 6. The van der Waals surface area contributed by atoms with E-state index in [4.69, 9.17) is 10.2 Å². The van der Waals surface area contributed by atoms with Crippen molar-refractivity contribution in [1.82, 2.24) is 0 Å². The third-order valence-electron chi connectivity index (χ3n) is 8.26. The highest BCUT2D eigenvalue weighted by Gasteiger charge is 2.10. The van der Waals surface area contributed by atoms with Gasteiger partial charge in [-0.2, -0.15) is 0 Å². The van der Waals surface area contributed by atoms with Crippen molar-refractivity contribution in [2.24, 2.45) is 0 Å². The molecule has 0 fully saturated rings. The molecule has 0 unspecified atom stereocenters. The number of allylic oxidation sites excluding steroid dienone is 1. The number of unbranched alkanes of at least 4 members (excludes halogenated alkanes) is 26. The molecule has 0 amide bonds. The van der Waals surface area contributed by atoms with Crippen molar-refractivity contribution in [3.05, 3.63) is 24.3 Å². The number of ketones is 1. The van der Waals surface area contributed by atoms with E-state index in [-0.39, 0.29) is 5.78 Å². The standard InChI is InChI=1S/C20H36O3.C16H34O.C4H2O3/c1-2-3-4-5-6-7-8-9-10-11-12-13-14-15-16-19(21)17-18-20(22)23;1-2-3-4-5-6-7-8-9-10-11-12-13-14-15-16-17;5-3-1-2-4(6)7-3/h17-18H,2-16H2,1H3,(H,22,23);17H,2-16H2,1H3;1-2H/b18-17-;;. The molecule has 1 rings (SSSR count). The Morgan fingerprint density at radius 2 is 0.809 bits per heavy atom. The summed E-state index contributed by atoms with van der Waals surface area (Å²) in [6.07, 6.45) is 42.1. The van der Waals surface area contributed by atoms with Gasteiger partial charge in [0.1, 0.15) is 0 Å². The maximum atomic E-state index is 11.3. The summed E-state index contributed by atoms with van der Waals surface area (Å²) in [4.78, 5) is 41.4. The molecule has 2 N–H and O–H groups in total. The van der Waals surface area contributed by atoms with E-state index in [1.807, 2.05) is 0 Å². The van der Waals surface area contributed by atoms with Crippen molar-refractivity contribution in [3.63, 3.8) is 0 Å². The predicted molar refractivity (Wildman–Crippen MR) is 194 cm³/mol. The third-order valence-corrected chi connectivity index (χ3v) is 8.26. The van der Waals surface area contributed by atoms with E-state index in [0.29, 0.717) is 13.0 Å². The van der Waals surface area contributed by atoms with Crippen LogP contribution in [0, 0.1) is 0 Å². The van der Waals surface area contributed by atoms with Gasteiger partial charge in [0.05, 0.1) is 0 Å². The van der Waals surface area contributed by atoms with Gasteiger partial charge in [-0.05, 0) is 18.9 Å². The Labute approximate surface area is 288 Å². The lowest BCUT2D eigenvalue weighted by Gasteiger charge is -2.03. The number of esters is 2. The van der Waals surface area contributed by atoms with Gasteiger partial charge in [0.25, 0.3) is 0 Å². The number of carbonyl (C=O) groups is 4. The molecule has 0 aromatic heterocycles. The Bertz CT molecular complexity index is 757. The van der Waals surface area contributed by atoms with Crippen molar-refractivity contribution >= 4 is 23.7 Å². The van der Waals surface area contributed by atoms with Crippen molar-refractivity contribution in [2.75, 3.05) is 6.61 Å². The number of aliphatic hydroxyl groups excluding tert-OH is 1. The van der Waals surface area contributed by atoms with E-state index < -0.39 is 17.9 Å². The number of aliphatic carboxylic acids is 1. The second-order valence-corrected chi connectivity index (χ2v) is 12.9.